The summed E-state index contributed by atoms with van der Waals surface area (Å²) in [6, 6.07) is -0.457. The van der Waals surface area contributed by atoms with Crippen LogP contribution in [0, 0.1) is 0 Å². The summed E-state index contributed by atoms with van der Waals surface area (Å²) in [6.45, 7) is 1.68. The van der Waals surface area contributed by atoms with Crippen LogP contribution in [0.4, 0.5) is 4.79 Å². The van der Waals surface area contributed by atoms with E-state index in [2.05, 4.69) is 10.6 Å². The Morgan fingerprint density at radius 3 is 2.33 bits per heavy atom. The highest BCUT2D eigenvalue weighted by atomic mass is 16.2. The molecule has 9 heavy (non-hydrogen) atoms. The molecule has 3 amide bonds. The fourth-order valence-electron chi connectivity index (χ4n) is 0.278. The molecule has 0 aromatic heterocycles. The number of amides is 3. The summed E-state index contributed by atoms with van der Waals surface area (Å²) < 4.78 is 0. The smallest absolute Gasteiger partial charge is 0.321 e. The van der Waals surface area contributed by atoms with Crippen LogP contribution in [0.25, 0.3) is 0 Å². The molecule has 0 saturated carbocycles. The summed E-state index contributed by atoms with van der Waals surface area (Å²) in [4.78, 5) is 20.7. The number of nitrogens with one attached hydrogen (secondary N) is 2. The van der Waals surface area contributed by atoms with E-state index in [1.807, 2.05) is 0 Å². The number of hydrogen-bond acceptors (Lipinski definition) is 2. The maximum atomic E-state index is 10.4. The molecular weight excluding hydrogens is 120 g/mol. The summed E-state index contributed by atoms with van der Waals surface area (Å²) in [7, 11) is 1.46. The molecule has 52 valence electrons. The van der Waals surface area contributed by atoms with Crippen LogP contribution in [0.15, 0.2) is 0 Å². The average molecular weight is 130 g/mol. The highest BCUT2D eigenvalue weighted by Gasteiger charge is 1.99. The third-order valence-electron chi connectivity index (χ3n) is 0.801. The van der Waals surface area contributed by atoms with Gasteiger partial charge in [-0.15, -0.1) is 0 Å². The highest BCUT2D eigenvalue weighted by molar-refractivity contribution is 5.93. The molecule has 0 unspecified atom stereocenters. The molecule has 4 nitrogen and oxygen atoms in total. The minimum Gasteiger partial charge on any atom is -0.341 e. The monoisotopic (exact) mass is 130 g/mol. The standard InChI is InChI=1S/C5H10N2O2/c1-3-4(8)7-5(9)6-2/h3H2,1-2H3,(H2,6,7,8,9). The van der Waals surface area contributed by atoms with Crippen molar-refractivity contribution in [2.45, 2.75) is 13.3 Å². The van der Waals surface area contributed by atoms with E-state index in [0.29, 0.717) is 6.42 Å². The van der Waals surface area contributed by atoms with Gasteiger partial charge in [-0.05, 0) is 0 Å². The van der Waals surface area contributed by atoms with Crippen molar-refractivity contribution in [3.05, 3.63) is 0 Å². The quantitative estimate of drug-likeness (QED) is 0.518. The Morgan fingerprint density at radius 1 is 1.44 bits per heavy atom. The predicted octanol–water partition coefficient (Wildman–Crippen LogP) is -0.148. The molecule has 0 aliphatic rings. The van der Waals surface area contributed by atoms with Crippen LogP contribution < -0.4 is 10.6 Å². The molecule has 0 atom stereocenters. The van der Waals surface area contributed by atoms with E-state index in [-0.39, 0.29) is 5.91 Å². The van der Waals surface area contributed by atoms with Gasteiger partial charge in [-0.25, -0.2) is 4.79 Å². The molecule has 4 heteroatoms. The molecule has 0 aromatic carbocycles. The lowest BCUT2D eigenvalue weighted by Gasteiger charge is -1.98. The molecule has 2 N–H and O–H groups in total. The van der Waals surface area contributed by atoms with Crippen molar-refractivity contribution < 1.29 is 9.59 Å². The van der Waals surface area contributed by atoms with Gasteiger partial charge in [-0.2, -0.15) is 0 Å². The molecule has 0 rings (SSSR count). The van der Waals surface area contributed by atoms with Crippen LogP contribution in [0.5, 0.6) is 0 Å². The van der Waals surface area contributed by atoms with Crippen LogP contribution in [0.3, 0.4) is 0 Å². The number of rotatable bonds is 1. The third kappa shape index (κ3) is 3.52. The first-order valence-electron chi connectivity index (χ1n) is 2.72. The predicted molar refractivity (Wildman–Crippen MR) is 32.9 cm³/mol. The molecule has 0 radical (unpaired) electrons. The zero-order valence-corrected chi connectivity index (χ0v) is 5.52. The zero-order chi connectivity index (χ0) is 7.28. The summed E-state index contributed by atoms with van der Waals surface area (Å²) in [5, 5.41) is 4.35. The van der Waals surface area contributed by atoms with Crippen molar-refractivity contribution in [1.29, 1.82) is 0 Å². The van der Waals surface area contributed by atoms with Gasteiger partial charge in [0.25, 0.3) is 0 Å². The molecular formula is C5H10N2O2. The van der Waals surface area contributed by atoms with Crippen molar-refractivity contribution >= 4 is 11.9 Å². The third-order valence-corrected chi connectivity index (χ3v) is 0.801. The van der Waals surface area contributed by atoms with Crippen molar-refractivity contribution in [1.82, 2.24) is 10.6 Å². The number of carbonyl (C=O) groups excluding carboxylic acids is 2. The van der Waals surface area contributed by atoms with Gasteiger partial charge < -0.3 is 5.32 Å². The van der Waals surface area contributed by atoms with E-state index in [0.717, 1.165) is 0 Å². The maximum Gasteiger partial charge on any atom is 0.321 e. The second kappa shape index (κ2) is 3.88. The lowest BCUT2D eigenvalue weighted by molar-refractivity contribution is -0.119. The SMILES string of the molecule is CCC(=O)NC(=O)NC. The molecule has 0 spiro atoms. The second-order valence-corrected chi connectivity index (χ2v) is 1.48. The van der Waals surface area contributed by atoms with Gasteiger partial charge in [0.15, 0.2) is 0 Å². The van der Waals surface area contributed by atoms with E-state index in [4.69, 9.17) is 0 Å². The van der Waals surface area contributed by atoms with Crippen molar-refractivity contribution in [2.24, 2.45) is 0 Å². The van der Waals surface area contributed by atoms with Gasteiger partial charge in [0.1, 0.15) is 0 Å². The van der Waals surface area contributed by atoms with Crippen molar-refractivity contribution in [2.75, 3.05) is 7.05 Å². The Bertz CT molecular complexity index is 108. The van der Waals surface area contributed by atoms with Gasteiger partial charge >= 0.3 is 6.03 Å². The van der Waals surface area contributed by atoms with Crippen molar-refractivity contribution in [3.63, 3.8) is 0 Å². The molecule has 0 fully saturated rings. The largest absolute Gasteiger partial charge is 0.341 e. The number of imide groups is 1. The molecule has 0 aromatic rings. The van der Waals surface area contributed by atoms with Crippen LogP contribution >= 0.6 is 0 Å². The first-order chi connectivity index (χ1) is 4.20. The lowest BCUT2D eigenvalue weighted by atomic mass is 10.5. The summed E-state index contributed by atoms with van der Waals surface area (Å²) in [5.74, 6) is -0.269. The highest BCUT2D eigenvalue weighted by Crippen LogP contribution is 1.72. The van der Waals surface area contributed by atoms with E-state index in [1.54, 1.807) is 6.92 Å². The van der Waals surface area contributed by atoms with Crippen LogP contribution in [-0.4, -0.2) is 19.0 Å². The molecule has 0 bridgehead atoms. The van der Waals surface area contributed by atoms with Gasteiger partial charge in [0.05, 0.1) is 0 Å². The molecule has 0 aliphatic carbocycles. The molecule has 0 aliphatic heterocycles. The normalized spacial score (nSPS) is 8.22. The van der Waals surface area contributed by atoms with Gasteiger partial charge in [0, 0.05) is 13.5 Å². The Balaban J connectivity index is 3.47. The topological polar surface area (TPSA) is 58.2 Å². The van der Waals surface area contributed by atoms with E-state index < -0.39 is 6.03 Å². The minimum absolute atomic E-state index is 0.269. The first kappa shape index (κ1) is 7.94. The second-order valence-electron chi connectivity index (χ2n) is 1.48. The van der Waals surface area contributed by atoms with Crippen molar-refractivity contribution in [3.8, 4) is 0 Å². The Labute approximate surface area is 53.6 Å². The van der Waals surface area contributed by atoms with E-state index in [9.17, 15) is 9.59 Å². The number of hydrogen-bond donors (Lipinski definition) is 2. The minimum atomic E-state index is -0.457. The van der Waals surface area contributed by atoms with Crippen LogP contribution in [0.2, 0.25) is 0 Å². The van der Waals surface area contributed by atoms with Crippen LogP contribution in [-0.2, 0) is 4.79 Å². The maximum absolute atomic E-state index is 10.4. The Morgan fingerprint density at radius 2 is 2.00 bits per heavy atom. The van der Waals surface area contributed by atoms with Gasteiger partial charge in [0.2, 0.25) is 5.91 Å². The molecule has 0 saturated heterocycles. The fourth-order valence-corrected chi connectivity index (χ4v) is 0.278. The summed E-state index contributed by atoms with van der Waals surface area (Å²) in [6.07, 6.45) is 0.327. The number of urea groups is 1. The Kier molecular flexibility index (Phi) is 3.43. The van der Waals surface area contributed by atoms with E-state index in [1.165, 1.54) is 7.05 Å². The van der Waals surface area contributed by atoms with E-state index >= 15 is 0 Å². The lowest BCUT2D eigenvalue weighted by Crippen LogP contribution is -2.36. The summed E-state index contributed by atoms with van der Waals surface area (Å²) >= 11 is 0. The molecule has 0 heterocycles. The fraction of sp³-hybridized carbons (Fsp3) is 0.600. The Hall–Kier alpha value is -1.06. The zero-order valence-electron chi connectivity index (χ0n) is 5.52. The van der Waals surface area contributed by atoms with Gasteiger partial charge in [-0.1, -0.05) is 6.92 Å². The summed E-state index contributed by atoms with van der Waals surface area (Å²) in [5.41, 5.74) is 0. The van der Waals surface area contributed by atoms with Crippen LogP contribution in [0.1, 0.15) is 13.3 Å². The number of carbonyl (C=O) groups is 2. The first-order valence-corrected chi connectivity index (χ1v) is 2.72. The average Bonchev–Trinajstić information content (AvgIpc) is 1.87. The van der Waals surface area contributed by atoms with Gasteiger partial charge in [-0.3, -0.25) is 10.1 Å².